The SMILES string of the molecule is CC(C)(C)c1ccc(Nc2c(-c3c4c(cc5ccccc35)N(c3ccc(C(C)(C)C)cc3-c3ccccc3)c3c(oc5cc6c(cc35)C(C)(C)CCC6(C)C)[B]4)ccc3sc4ccccc4c23)cc1. The number of hydrogen-bond donors (Lipinski definition) is 1. The summed E-state index contributed by atoms with van der Waals surface area (Å²) >= 11 is 1.86. The predicted octanol–water partition coefficient (Wildman–Crippen LogP) is 17.4. The van der Waals surface area contributed by atoms with Gasteiger partial charge in [0.2, 0.25) is 7.28 Å². The predicted molar refractivity (Wildman–Crippen MR) is 300 cm³/mol. The first kappa shape index (κ1) is 43.7. The molecule has 10 aromatic rings. The first-order chi connectivity index (χ1) is 32.9. The van der Waals surface area contributed by atoms with Gasteiger partial charge >= 0.3 is 0 Å². The molecule has 0 spiro atoms. The van der Waals surface area contributed by atoms with Gasteiger partial charge < -0.3 is 14.6 Å². The van der Waals surface area contributed by atoms with Gasteiger partial charge in [-0.15, -0.1) is 11.3 Å². The molecule has 69 heavy (non-hydrogen) atoms. The molecule has 0 unspecified atom stereocenters. The van der Waals surface area contributed by atoms with Gasteiger partial charge in [-0.05, 0) is 139 Å². The van der Waals surface area contributed by atoms with Gasteiger partial charge in [0.05, 0.1) is 22.7 Å². The molecule has 3 nitrogen and oxygen atoms in total. The first-order valence-electron chi connectivity index (χ1n) is 24.8. The molecule has 341 valence electrons. The largest absolute Gasteiger partial charge is 0.469 e. The van der Waals surface area contributed by atoms with Crippen molar-refractivity contribution in [3.8, 4) is 22.3 Å². The summed E-state index contributed by atoms with van der Waals surface area (Å²) < 4.78 is 9.86. The van der Waals surface area contributed by atoms with Gasteiger partial charge in [-0.3, -0.25) is 0 Å². The fraction of sp³-hybridized carbons (Fsp3) is 0.250. The molecule has 1 N–H and O–H groups in total. The van der Waals surface area contributed by atoms with Gasteiger partial charge in [-0.1, -0.05) is 166 Å². The lowest BCUT2D eigenvalue weighted by atomic mass is 9.60. The Bertz CT molecular complexity index is 3690. The summed E-state index contributed by atoms with van der Waals surface area (Å²) in [5.41, 5.74) is 18.7. The van der Waals surface area contributed by atoms with Crippen molar-refractivity contribution in [2.24, 2.45) is 0 Å². The third-order valence-corrected chi connectivity index (χ3v) is 16.6. The van der Waals surface area contributed by atoms with Crippen LogP contribution in [-0.2, 0) is 21.7 Å². The lowest BCUT2D eigenvalue weighted by Crippen LogP contribution is -2.40. The maximum absolute atomic E-state index is 7.32. The minimum Gasteiger partial charge on any atom is -0.469 e. The minimum atomic E-state index is -0.0507. The zero-order chi connectivity index (χ0) is 47.8. The molecule has 0 atom stereocenters. The number of nitrogens with one attached hydrogen (secondary N) is 1. The van der Waals surface area contributed by atoms with Crippen molar-refractivity contribution in [1.29, 1.82) is 0 Å². The zero-order valence-corrected chi connectivity index (χ0v) is 42.5. The molecule has 2 aliphatic rings. The number of anilines is 5. The van der Waals surface area contributed by atoms with Crippen LogP contribution in [-0.4, -0.2) is 7.28 Å². The number of thiophene rings is 1. The van der Waals surface area contributed by atoms with E-state index in [2.05, 4.69) is 238 Å². The summed E-state index contributed by atoms with van der Waals surface area (Å²) in [6, 6.07) is 57.0. The quantitative estimate of drug-likeness (QED) is 0.174. The molecule has 2 aromatic heterocycles. The Morgan fingerprint density at radius 3 is 1.96 bits per heavy atom. The third-order valence-electron chi connectivity index (χ3n) is 15.5. The molecule has 0 amide bonds. The van der Waals surface area contributed by atoms with E-state index >= 15 is 0 Å². The van der Waals surface area contributed by atoms with Gasteiger partial charge in [0.15, 0.2) is 0 Å². The zero-order valence-electron chi connectivity index (χ0n) is 41.7. The Balaban J connectivity index is 1.19. The number of benzene rings is 8. The van der Waals surface area contributed by atoms with Crippen LogP contribution in [0, 0.1) is 0 Å². The fourth-order valence-electron chi connectivity index (χ4n) is 11.4. The second-order valence-electron chi connectivity index (χ2n) is 23.1. The highest BCUT2D eigenvalue weighted by atomic mass is 32.1. The van der Waals surface area contributed by atoms with Crippen LogP contribution in [0.5, 0.6) is 0 Å². The molecule has 5 heteroatoms. The lowest BCUT2D eigenvalue weighted by molar-refractivity contribution is 0.332. The van der Waals surface area contributed by atoms with Gasteiger partial charge in [0, 0.05) is 48.1 Å². The minimum absolute atomic E-state index is 0.0260. The highest BCUT2D eigenvalue weighted by molar-refractivity contribution is 7.26. The van der Waals surface area contributed by atoms with Crippen molar-refractivity contribution in [2.75, 3.05) is 10.2 Å². The Morgan fingerprint density at radius 1 is 0.580 bits per heavy atom. The maximum atomic E-state index is 7.32. The normalized spacial score (nSPS) is 15.3. The number of furan rings is 1. The molecule has 3 heterocycles. The lowest BCUT2D eigenvalue weighted by Gasteiger charge is -2.42. The van der Waals surface area contributed by atoms with Crippen molar-refractivity contribution >= 4 is 100 Å². The molecular formula is C64H60BN2OS. The average molecular weight is 916 g/mol. The van der Waals surface area contributed by atoms with E-state index in [1.807, 2.05) is 11.3 Å². The Kier molecular flexibility index (Phi) is 9.80. The summed E-state index contributed by atoms with van der Waals surface area (Å²) in [6.07, 6.45) is 2.28. The molecule has 1 radical (unpaired) electrons. The van der Waals surface area contributed by atoms with Crippen LogP contribution in [0.3, 0.4) is 0 Å². The number of fused-ring (bicyclic) bond motifs is 9. The third kappa shape index (κ3) is 7.14. The number of nitrogens with zero attached hydrogens (tertiary/aromatic N) is 1. The van der Waals surface area contributed by atoms with Gasteiger partial charge in [-0.25, -0.2) is 0 Å². The Hall–Kier alpha value is -6.56. The average Bonchev–Trinajstić information content (AvgIpc) is 3.89. The molecule has 0 saturated carbocycles. The maximum Gasteiger partial charge on any atom is 0.247 e. The molecule has 12 rings (SSSR count). The van der Waals surface area contributed by atoms with Crippen molar-refractivity contribution in [3.63, 3.8) is 0 Å². The van der Waals surface area contributed by atoms with E-state index in [-0.39, 0.29) is 21.7 Å². The van der Waals surface area contributed by atoms with E-state index < -0.39 is 0 Å². The highest BCUT2D eigenvalue weighted by Crippen LogP contribution is 2.53. The van der Waals surface area contributed by atoms with Crippen molar-refractivity contribution < 1.29 is 4.42 Å². The molecule has 1 aliphatic heterocycles. The summed E-state index contributed by atoms with van der Waals surface area (Å²) in [5.74, 6) is 0. The van der Waals surface area contributed by atoms with E-state index in [0.717, 1.165) is 68.9 Å². The highest BCUT2D eigenvalue weighted by Gasteiger charge is 2.40. The van der Waals surface area contributed by atoms with Crippen molar-refractivity contribution in [1.82, 2.24) is 0 Å². The second kappa shape index (κ2) is 15.5. The Labute approximate surface area is 412 Å². The first-order valence-corrected chi connectivity index (χ1v) is 25.6. The fourth-order valence-corrected chi connectivity index (χ4v) is 12.5. The number of rotatable bonds is 5. The number of hydrogen-bond acceptors (Lipinski definition) is 4. The molecule has 0 bridgehead atoms. The van der Waals surface area contributed by atoms with Crippen LogP contribution in [0.15, 0.2) is 156 Å². The van der Waals surface area contributed by atoms with E-state index in [9.17, 15) is 0 Å². The van der Waals surface area contributed by atoms with Crippen LogP contribution < -0.4 is 21.3 Å². The second-order valence-corrected chi connectivity index (χ2v) is 24.2. The van der Waals surface area contributed by atoms with E-state index in [0.29, 0.717) is 0 Å². The van der Waals surface area contributed by atoms with E-state index in [1.165, 1.54) is 69.9 Å². The van der Waals surface area contributed by atoms with Crippen molar-refractivity contribution in [3.05, 3.63) is 174 Å². The van der Waals surface area contributed by atoms with Crippen LogP contribution in [0.4, 0.5) is 28.4 Å². The van der Waals surface area contributed by atoms with Crippen LogP contribution in [0.2, 0.25) is 0 Å². The summed E-state index contributed by atoms with van der Waals surface area (Å²) in [5, 5.41) is 10.1. The topological polar surface area (TPSA) is 28.4 Å². The monoisotopic (exact) mass is 915 g/mol. The molecule has 1 aliphatic carbocycles. The van der Waals surface area contributed by atoms with Crippen molar-refractivity contribution in [2.45, 2.75) is 104 Å². The Morgan fingerprint density at radius 2 is 1.23 bits per heavy atom. The molecular weight excluding hydrogens is 856 g/mol. The molecule has 0 fully saturated rings. The van der Waals surface area contributed by atoms with Gasteiger partial charge in [0.25, 0.3) is 0 Å². The summed E-state index contributed by atoms with van der Waals surface area (Å²) in [6.45, 7) is 23.4. The van der Waals surface area contributed by atoms with E-state index in [4.69, 9.17) is 4.42 Å². The van der Waals surface area contributed by atoms with Crippen LogP contribution in [0.1, 0.15) is 104 Å². The summed E-state index contributed by atoms with van der Waals surface area (Å²) in [4.78, 5) is 2.56. The van der Waals surface area contributed by atoms with Gasteiger partial charge in [0.1, 0.15) is 5.58 Å². The van der Waals surface area contributed by atoms with Crippen LogP contribution in [0.25, 0.3) is 64.2 Å². The molecule has 0 saturated heterocycles. The summed E-state index contributed by atoms with van der Waals surface area (Å²) in [7, 11) is 2.36. The smallest absolute Gasteiger partial charge is 0.247 e. The van der Waals surface area contributed by atoms with Gasteiger partial charge in [-0.2, -0.15) is 0 Å². The van der Waals surface area contributed by atoms with Crippen LogP contribution >= 0.6 is 11.3 Å². The molecule has 8 aromatic carbocycles. The standard InChI is InChI=1S/C64H60BN2OS/c1-61(2,3)40-24-27-42(28-25-40)66-58-45(29-31-54-56(58)44-22-16-17-23-53(44)69-54)55-43-21-15-14-20-39(43)34-51-57(55)65-60-59(47-36-48-49(37-52(47)68-60)64(9,10)33-32-63(48,7)8)67(51)50-30-26-41(62(4,5)6)35-46(50)38-18-12-11-13-19-38/h11-31,34-37,66H,32-33H2,1-10H3. The van der Waals surface area contributed by atoms with E-state index in [1.54, 1.807) is 0 Å².